The van der Waals surface area contributed by atoms with Gasteiger partial charge in [-0.1, -0.05) is 59.7 Å². The third-order valence-corrected chi connectivity index (χ3v) is 11.5. The summed E-state index contributed by atoms with van der Waals surface area (Å²) in [5, 5.41) is 3.87. The number of rotatable bonds is 11. The summed E-state index contributed by atoms with van der Waals surface area (Å²) < 4.78 is 67.4. The highest BCUT2D eigenvalue weighted by Crippen LogP contribution is 2.39. The number of thiazole rings is 3. The molecule has 0 atom stereocenters. The van der Waals surface area contributed by atoms with Crippen LogP contribution in [0.25, 0.3) is 32.4 Å². The van der Waals surface area contributed by atoms with Crippen LogP contribution in [0.1, 0.15) is 41.9 Å². The van der Waals surface area contributed by atoms with Crippen LogP contribution in [0.15, 0.2) is 88.2 Å². The van der Waals surface area contributed by atoms with Crippen molar-refractivity contribution in [3.63, 3.8) is 0 Å². The molecule has 0 saturated carbocycles. The van der Waals surface area contributed by atoms with E-state index in [2.05, 4.69) is 30.9 Å². The van der Waals surface area contributed by atoms with Gasteiger partial charge in [0, 0.05) is 22.7 Å². The number of halogens is 5. The van der Waals surface area contributed by atoms with E-state index in [0.717, 1.165) is 71.6 Å². The predicted molar refractivity (Wildman–Crippen MR) is 212 cm³/mol. The van der Waals surface area contributed by atoms with Crippen LogP contribution in [-0.2, 0) is 13.2 Å². The molecule has 0 radical (unpaired) electrons. The van der Waals surface area contributed by atoms with E-state index in [9.17, 15) is 27.2 Å². The van der Waals surface area contributed by atoms with Gasteiger partial charge in [-0.3, -0.25) is 9.59 Å². The van der Waals surface area contributed by atoms with Gasteiger partial charge < -0.3 is 20.9 Å². The molecule has 3 heterocycles. The standard InChI is InChI=1S/C21H15F2N3O2S2.C18H13BrF2N2O2S/c1-11-2-4-12(5-3-11)18-19(21-25-8-9-29-21)30-15(26-18)10-28-14-7-6-13(22)16(17(14)23)20(24)27;1-9-2-4-10(5-3-9)16-17(19)26-13(23-16)8-25-12-7-6-11(20)14(15(12)21)18(22)24/h2-9H,10H2,1H3,(H2,24,27);2-7H,8H2,1H3,(H2,22,24). The molecule has 0 saturated heterocycles. The van der Waals surface area contributed by atoms with Crippen molar-refractivity contribution in [3.05, 3.63) is 144 Å². The monoisotopic (exact) mass is 881 g/mol. The van der Waals surface area contributed by atoms with Crippen LogP contribution in [0.3, 0.4) is 0 Å². The first-order valence-electron chi connectivity index (χ1n) is 16.3. The highest BCUT2D eigenvalue weighted by Gasteiger charge is 2.22. The zero-order valence-corrected chi connectivity index (χ0v) is 33.3. The number of hydrogen-bond acceptors (Lipinski definition) is 10. The Morgan fingerprint density at radius 3 is 1.61 bits per heavy atom. The number of aromatic nitrogens is 3. The van der Waals surface area contributed by atoms with Crippen LogP contribution in [0.4, 0.5) is 17.6 Å². The van der Waals surface area contributed by atoms with Gasteiger partial charge in [0.25, 0.3) is 11.8 Å². The minimum atomic E-state index is -1.20. The van der Waals surface area contributed by atoms with Gasteiger partial charge >= 0.3 is 0 Å². The van der Waals surface area contributed by atoms with Crippen molar-refractivity contribution in [2.45, 2.75) is 27.1 Å². The molecule has 0 aliphatic rings. The molecule has 9 nitrogen and oxygen atoms in total. The van der Waals surface area contributed by atoms with Gasteiger partial charge in [-0.2, -0.15) is 0 Å². The number of nitrogens with zero attached hydrogens (tertiary/aromatic N) is 3. The number of nitrogens with two attached hydrogens (primary N) is 2. The predicted octanol–water partition coefficient (Wildman–Crippen LogP) is 10.0. The minimum absolute atomic E-state index is 0.0319. The maximum absolute atomic E-state index is 14.4. The number of aryl methyl sites for hydroxylation is 2. The number of carbonyl (C=O) groups excluding carboxylic acids is 2. The molecule has 56 heavy (non-hydrogen) atoms. The molecular formula is C39H28BrF4N5O4S3. The Bertz CT molecular complexity index is 2530. The van der Waals surface area contributed by atoms with Crippen molar-refractivity contribution in [1.29, 1.82) is 0 Å². The number of ether oxygens (including phenoxy) is 2. The molecule has 0 aliphatic carbocycles. The largest absolute Gasteiger partial charge is 0.483 e. The smallest absolute Gasteiger partial charge is 0.254 e. The molecule has 2 amide bonds. The molecule has 7 rings (SSSR count). The van der Waals surface area contributed by atoms with E-state index in [-0.39, 0.29) is 24.7 Å². The Morgan fingerprint density at radius 1 is 0.679 bits per heavy atom. The van der Waals surface area contributed by atoms with Gasteiger partial charge in [-0.15, -0.1) is 34.0 Å². The fourth-order valence-corrected chi connectivity index (χ4v) is 8.46. The molecule has 0 unspecified atom stereocenters. The summed E-state index contributed by atoms with van der Waals surface area (Å²) in [6, 6.07) is 19.9. The molecule has 4 aromatic carbocycles. The summed E-state index contributed by atoms with van der Waals surface area (Å²) in [5.74, 6) is -7.22. The van der Waals surface area contributed by atoms with E-state index >= 15 is 0 Å². The SMILES string of the molecule is Cc1ccc(-c2nc(COc3ccc(F)c(C(N)=O)c3F)sc2-c2nccs2)cc1.Cc1ccc(-c2nc(COc3ccc(F)c(C(N)=O)c3F)sc2Br)cc1. The Hall–Kier alpha value is -5.49. The van der Waals surface area contributed by atoms with E-state index in [0.29, 0.717) is 10.0 Å². The lowest BCUT2D eigenvalue weighted by molar-refractivity contribution is 0.0982. The summed E-state index contributed by atoms with van der Waals surface area (Å²) in [6.07, 6.45) is 1.72. The van der Waals surface area contributed by atoms with Gasteiger partial charge in [0.05, 0.1) is 20.1 Å². The fourth-order valence-electron chi connectivity index (χ4n) is 5.13. The molecule has 0 bridgehead atoms. The summed E-state index contributed by atoms with van der Waals surface area (Å²) in [7, 11) is 0. The molecule has 17 heteroatoms. The van der Waals surface area contributed by atoms with Crippen molar-refractivity contribution in [2.75, 3.05) is 0 Å². The van der Waals surface area contributed by atoms with Gasteiger partial charge in [-0.25, -0.2) is 32.5 Å². The molecule has 0 spiro atoms. The summed E-state index contributed by atoms with van der Waals surface area (Å²) in [5.41, 5.74) is 14.1. The molecule has 3 aromatic heterocycles. The van der Waals surface area contributed by atoms with Crippen LogP contribution in [-0.4, -0.2) is 26.8 Å². The van der Waals surface area contributed by atoms with E-state index in [1.165, 1.54) is 34.0 Å². The van der Waals surface area contributed by atoms with Crippen LogP contribution in [0.5, 0.6) is 11.5 Å². The number of amides is 2. The van der Waals surface area contributed by atoms with E-state index in [4.69, 9.17) is 20.9 Å². The van der Waals surface area contributed by atoms with Crippen molar-refractivity contribution in [3.8, 4) is 43.9 Å². The third kappa shape index (κ3) is 9.13. The summed E-state index contributed by atoms with van der Waals surface area (Å²) >= 11 is 7.68. The fraction of sp³-hybridized carbons (Fsp3) is 0.103. The second-order valence-electron chi connectivity index (χ2n) is 11.9. The first kappa shape index (κ1) is 40.2. The molecule has 286 valence electrons. The second-order valence-corrected chi connectivity index (χ2v) is 16.2. The minimum Gasteiger partial charge on any atom is -0.483 e. The molecule has 0 aliphatic heterocycles. The zero-order valence-electron chi connectivity index (χ0n) is 29.2. The van der Waals surface area contributed by atoms with Gasteiger partial charge in [-0.05, 0) is 54.0 Å². The first-order valence-corrected chi connectivity index (χ1v) is 19.6. The van der Waals surface area contributed by atoms with E-state index < -0.39 is 46.2 Å². The van der Waals surface area contributed by atoms with Crippen molar-refractivity contribution in [1.82, 2.24) is 15.0 Å². The summed E-state index contributed by atoms with van der Waals surface area (Å²) in [6.45, 7) is 3.91. The highest BCUT2D eigenvalue weighted by atomic mass is 79.9. The van der Waals surface area contributed by atoms with Gasteiger partial charge in [0.15, 0.2) is 23.1 Å². The van der Waals surface area contributed by atoms with Crippen LogP contribution in [0, 0.1) is 37.1 Å². The molecule has 4 N–H and O–H groups in total. The lowest BCUT2D eigenvalue weighted by atomic mass is 10.1. The van der Waals surface area contributed by atoms with E-state index in [1.54, 1.807) is 6.20 Å². The lowest BCUT2D eigenvalue weighted by Crippen LogP contribution is -2.16. The lowest BCUT2D eigenvalue weighted by Gasteiger charge is -2.08. The van der Waals surface area contributed by atoms with Crippen LogP contribution < -0.4 is 20.9 Å². The number of primary amides is 2. The first-order chi connectivity index (χ1) is 26.8. The molecular weight excluding hydrogens is 855 g/mol. The molecule has 7 aromatic rings. The van der Waals surface area contributed by atoms with Crippen molar-refractivity contribution in [2.24, 2.45) is 11.5 Å². The molecule has 0 fully saturated rings. The van der Waals surface area contributed by atoms with Crippen molar-refractivity contribution >= 4 is 61.8 Å². The topological polar surface area (TPSA) is 143 Å². The van der Waals surface area contributed by atoms with E-state index in [1.807, 2.05) is 67.8 Å². The zero-order chi connectivity index (χ0) is 40.1. The highest BCUT2D eigenvalue weighted by molar-refractivity contribution is 9.11. The third-order valence-electron chi connectivity index (χ3n) is 7.88. The maximum Gasteiger partial charge on any atom is 0.254 e. The average Bonchev–Trinajstić information content (AvgIpc) is 3.92. The quantitative estimate of drug-likeness (QED) is 0.123. The maximum atomic E-state index is 14.4. The Labute approximate surface area is 337 Å². The Morgan fingerprint density at radius 2 is 1.14 bits per heavy atom. The second kappa shape index (κ2) is 17.5. The average molecular weight is 883 g/mol. The number of hydrogen-bond donors (Lipinski definition) is 2. The summed E-state index contributed by atoms with van der Waals surface area (Å²) in [4.78, 5) is 36.9. The Kier molecular flexibility index (Phi) is 12.6. The normalized spacial score (nSPS) is 10.8. The van der Waals surface area contributed by atoms with Crippen LogP contribution in [0.2, 0.25) is 0 Å². The number of benzene rings is 4. The van der Waals surface area contributed by atoms with Crippen molar-refractivity contribution < 1.29 is 36.6 Å². The van der Waals surface area contributed by atoms with Crippen LogP contribution >= 0.6 is 49.9 Å². The van der Waals surface area contributed by atoms with Gasteiger partial charge in [0.1, 0.15) is 51.0 Å². The van der Waals surface area contributed by atoms with Gasteiger partial charge in [0.2, 0.25) is 0 Å². The Balaban J connectivity index is 0.000000192. The number of carbonyl (C=O) groups is 2.